The van der Waals surface area contributed by atoms with Gasteiger partial charge in [0.2, 0.25) is 10.0 Å². The number of halogens is 3. The number of nitrogens with one attached hydrogen (secondary N) is 1. The standard InChI is InChI=1S/C11H15F3N2O3S/c1-2-7-3-4-8(15)5-9(7)20(18,19)16-6-10(17)11(12,13)14/h3-5,10,16-17H,2,6,15H2,1H3. The smallest absolute Gasteiger partial charge is 0.399 e. The van der Waals surface area contributed by atoms with Crippen LogP contribution in [0.4, 0.5) is 18.9 Å². The summed E-state index contributed by atoms with van der Waals surface area (Å²) in [5.74, 6) is 0. The van der Waals surface area contributed by atoms with Crippen LogP contribution in [0.2, 0.25) is 0 Å². The molecule has 0 spiro atoms. The first-order valence-electron chi connectivity index (χ1n) is 5.70. The van der Waals surface area contributed by atoms with Crippen molar-refractivity contribution in [3.8, 4) is 0 Å². The Balaban J connectivity index is 2.98. The molecule has 0 fully saturated rings. The van der Waals surface area contributed by atoms with Crippen molar-refractivity contribution in [3.63, 3.8) is 0 Å². The van der Waals surface area contributed by atoms with E-state index >= 15 is 0 Å². The fourth-order valence-corrected chi connectivity index (χ4v) is 2.88. The minimum absolute atomic E-state index is 0.180. The van der Waals surface area contributed by atoms with Crippen LogP contribution in [0.15, 0.2) is 23.1 Å². The normalized spacial score (nSPS) is 14.2. The first-order chi connectivity index (χ1) is 9.08. The molecule has 20 heavy (non-hydrogen) atoms. The summed E-state index contributed by atoms with van der Waals surface area (Å²) in [6, 6.07) is 4.16. The molecule has 114 valence electrons. The van der Waals surface area contributed by atoms with E-state index in [1.807, 2.05) is 0 Å². The average molecular weight is 312 g/mol. The molecule has 0 amide bonds. The van der Waals surface area contributed by atoms with Gasteiger partial charge in [0, 0.05) is 12.2 Å². The van der Waals surface area contributed by atoms with Gasteiger partial charge in [0.15, 0.2) is 6.10 Å². The van der Waals surface area contributed by atoms with Gasteiger partial charge in [0.05, 0.1) is 4.90 Å². The third-order valence-electron chi connectivity index (χ3n) is 2.61. The zero-order valence-electron chi connectivity index (χ0n) is 10.6. The van der Waals surface area contributed by atoms with E-state index in [-0.39, 0.29) is 10.6 Å². The summed E-state index contributed by atoms with van der Waals surface area (Å²) in [6.45, 7) is 0.554. The lowest BCUT2D eigenvalue weighted by Crippen LogP contribution is -2.40. The molecule has 1 atom stereocenters. The van der Waals surface area contributed by atoms with Crippen molar-refractivity contribution < 1.29 is 26.7 Å². The van der Waals surface area contributed by atoms with E-state index in [0.29, 0.717) is 12.0 Å². The molecule has 0 heterocycles. The van der Waals surface area contributed by atoms with Gasteiger partial charge in [-0.3, -0.25) is 0 Å². The second-order valence-electron chi connectivity index (χ2n) is 4.13. The zero-order valence-corrected chi connectivity index (χ0v) is 11.4. The number of rotatable bonds is 5. The number of anilines is 1. The summed E-state index contributed by atoms with van der Waals surface area (Å²) in [5.41, 5.74) is 6.09. The van der Waals surface area contributed by atoms with Gasteiger partial charge < -0.3 is 10.8 Å². The topological polar surface area (TPSA) is 92.4 Å². The van der Waals surface area contributed by atoms with Crippen LogP contribution in [0.3, 0.4) is 0 Å². The summed E-state index contributed by atoms with van der Waals surface area (Å²) >= 11 is 0. The van der Waals surface area contributed by atoms with Gasteiger partial charge in [-0.1, -0.05) is 13.0 Å². The minimum Gasteiger partial charge on any atom is -0.399 e. The highest BCUT2D eigenvalue weighted by Gasteiger charge is 2.38. The van der Waals surface area contributed by atoms with E-state index in [2.05, 4.69) is 0 Å². The zero-order chi connectivity index (χ0) is 15.6. The van der Waals surface area contributed by atoms with Crippen LogP contribution in [0, 0.1) is 0 Å². The van der Waals surface area contributed by atoms with Crippen LogP contribution in [-0.2, 0) is 16.4 Å². The van der Waals surface area contributed by atoms with E-state index in [1.54, 1.807) is 11.6 Å². The largest absolute Gasteiger partial charge is 0.415 e. The average Bonchev–Trinajstić information content (AvgIpc) is 2.34. The van der Waals surface area contributed by atoms with Gasteiger partial charge in [-0.2, -0.15) is 13.2 Å². The van der Waals surface area contributed by atoms with Gasteiger partial charge in [-0.25, -0.2) is 13.1 Å². The maximum Gasteiger partial charge on any atom is 0.415 e. The van der Waals surface area contributed by atoms with Crippen LogP contribution < -0.4 is 10.5 Å². The second-order valence-corrected chi connectivity index (χ2v) is 5.87. The molecule has 0 bridgehead atoms. The molecule has 0 aliphatic rings. The van der Waals surface area contributed by atoms with Crippen molar-refractivity contribution in [3.05, 3.63) is 23.8 Å². The Bertz CT molecular complexity index is 573. The van der Waals surface area contributed by atoms with Crippen LogP contribution in [-0.4, -0.2) is 32.3 Å². The molecular formula is C11H15F3N2O3S. The number of alkyl halides is 3. The third kappa shape index (κ3) is 4.09. The number of aryl methyl sites for hydroxylation is 1. The van der Waals surface area contributed by atoms with Crippen LogP contribution in [0.25, 0.3) is 0 Å². The van der Waals surface area contributed by atoms with Crippen LogP contribution >= 0.6 is 0 Å². The molecule has 1 rings (SSSR count). The molecular weight excluding hydrogens is 297 g/mol. The van der Waals surface area contributed by atoms with Crippen molar-refractivity contribution in [2.45, 2.75) is 30.5 Å². The Morgan fingerprint density at radius 2 is 2.00 bits per heavy atom. The fourth-order valence-electron chi connectivity index (χ4n) is 1.50. The van der Waals surface area contributed by atoms with Crippen molar-refractivity contribution in [2.75, 3.05) is 12.3 Å². The van der Waals surface area contributed by atoms with E-state index in [4.69, 9.17) is 10.8 Å². The highest BCUT2D eigenvalue weighted by atomic mass is 32.2. The number of aliphatic hydroxyl groups excluding tert-OH is 1. The Labute approximate surface area is 114 Å². The SMILES string of the molecule is CCc1ccc(N)cc1S(=O)(=O)NCC(O)C(F)(F)F. The lowest BCUT2D eigenvalue weighted by Gasteiger charge is -2.16. The molecule has 0 aliphatic carbocycles. The molecule has 1 aromatic rings. The van der Waals surface area contributed by atoms with Gasteiger partial charge >= 0.3 is 6.18 Å². The Morgan fingerprint density at radius 3 is 2.50 bits per heavy atom. The molecule has 0 aromatic heterocycles. The number of benzene rings is 1. The third-order valence-corrected chi connectivity index (χ3v) is 4.11. The van der Waals surface area contributed by atoms with Gasteiger partial charge in [-0.15, -0.1) is 0 Å². The fraction of sp³-hybridized carbons (Fsp3) is 0.455. The number of sulfonamides is 1. The van der Waals surface area contributed by atoms with Crippen molar-refractivity contribution in [1.82, 2.24) is 4.72 Å². The summed E-state index contributed by atoms with van der Waals surface area (Å²) in [4.78, 5) is -0.186. The first kappa shape index (κ1) is 16.7. The Hall–Kier alpha value is -1.32. The van der Waals surface area contributed by atoms with Gasteiger partial charge in [0.1, 0.15) is 0 Å². The molecule has 1 unspecified atom stereocenters. The highest BCUT2D eigenvalue weighted by molar-refractivity contribution is 7.89. The number of hydrogen-bond acceptors (Lipinski definition) is 4. The Morgan fingerprint density at radius 1 is 1.40 bits per heavy atom. The number of aliphatic hydroxyl groups is 1. The van der Waals surface area contributed by atoms with Crippen LogP contribution in [0.1, 0.15) is 12.5 Å². The molecule has 0 aliphatic heterocycles. The van der Waals surface area contributed by atoms with E-state index < -0.39 is 28.8 Å². The number of nitrogen functional groups attached to an aromatic ring is 1. The van der Waals surface area contributed by atoms with Crippen LogP contribution in [0.5, 0.6) is 0 Å². The number of hydrogen-bond donors (Lipinski definition) is 3. The molecule has 0 radical (unpaired) electrons. The first-order valence-corrected chi connectivity index (χ1v) is 7.19. The van der Waals surface area contributed by atoms with E-state index in [9.17, 15) is 21.6 Å². The maximum absolute atomic E-state index is 12.1. The molecule has 0 saturated heterocycles. The lowest BCUT2D eigenvalue weighted by molar-refractivity contribution is -0.200. The lowest BCUT2D eigenvalue weighted by atomic mass is 10.1. The minimum atomic E-state index is -4.88. The monoisotopic (exact) mass is 312 g/mol. The molecule has 9 heteroatoms. The highest BCUT2D eigenvalue weighted by Crippen LogP contribution is 2.22. The predicted molar refractivity (Wildman–Crippen MR) is 67.5 cm³/mol. The van der Waals surface area contributed by atoms with Crippen molar-refractivity contribution in [1.29, 1.82) is 0 Å². The maximum atomic E-state index is 12.1. The molecule has 5 nitrogen and oxygen atoms in total. The van der Waals surface area contributed by atoms with E-state index in [1.165, 1.54) is 18.2 Å². The summed E-state index contributed by atoms with van der Waals surface area (Å²) < 4.78 is 62.0. The second kappa shape index (κ2) is 5.98. The number of nitrogens with two attached hydrogens (primary N) is 1. The summed E-state index contributed by atoms with van der Waals surface area (Å²) in [6.07, 6.45) is -7.27. The van der Waals surface area contributed by atoms with Gasteiger partial charge in [0.25, 0.3) is 0 Å². The van der Waals surface area contributed by atoms with E-state index in [0.717, 1.165) is 0 Å². The molecule has 4 N–H and O–H groups in total. The summed E-state index contributed by atoms with van der Waals surface area (Å²) in [5, 5.41) is 8.80. The van der Waals surface area contributed by atoms with Crippen molar-refractivity contribution in [2.24, 2.45) is 0 Å². The van der Waals surface area contributed by atoms with Gasteiger partial charge in [-0.05, 0) is 24.1 Å². The summed E-state index contributed by atoms with van der Waals surface area (Å²) in [7, 11) is -4.17. The van der Waals surface area contributed by atoms with Crippen molar-refractivity contribution >= 4 is 15.7 Å². The Kier molecular flexibility index (Phi) is 5.00. The quantitative estimate of drug-likeness (QED) is 0.708. The predicted octanol–water partition coefficient (Wildman–Crippen LogP) is 1.03. The molecule has 1 aromatic carbocycles. The molecule has 0 saturated carbocycles.